The number of rotatable bonds is 6. The first kappa shape index (κ1) is 40.9. The molecule has 8 nitrogen and oxygen atoms in total. The molecule has 4 aliphatic rings. The second-order valence-corrected chi connectivity index (χ2v) is 28.4. The molecule has 4 aromatic carbocycles. The van der Waals surface area contributed by atoms with Crippen molar-refractivity contribution in [3.8, 4) is 11.5 Å². The first-order chi connectivity index (χ1) is 27.1. The van der Waals surface area contributed by atoms with Gasteiger partial charge in [0, 0.05) is 36.4 Å². The van der Waals surface area contributed by atoms with Crippen LogP contribution in [0.25, 0.3) is 11.1 Å². The van der Waals surface area contributed by atoms with Crippen molar-refractivity contribution in [1.29, 1.82) is 0 Å². The lowest BCUT2D eigenvalue weighted by molar-refractivity contribution is -0.118. The molecule has 10 heteroatoms. The van der Waals surface area contributed by atoms with E-state index in [2.05, 4.69) is 77.7 Å². The molecule has 2 N–H and O–H groups in total. The van der Waals surface area contributed by atoms with Gasteiger partial charge in [-0.05, 0) is 94.9 Å². The minimum absolute atomic E-state index is 0.110. The van der Waals surface area contributed by atoms with Crippen molar-refractivity contribution in [2.45, 2.75) is 101 Å². The molecule has 0 amide bonds. The molecule has 2 heterocycles. The van der Waals surface area contributed by atoms with Crippen LogP contribution >= 0.6 is 0 Å². The summed E-state index contributed by atoms with van der Waals surface area (Å²) in [5, 5.41) is 21.6. The van der Waals surface area contributed by atoms with Crippen LogP contribution in [0.15, 0.2) is 119 Å². The average Bonchev–Trinajstić information content (AvgIpc) is 3.86. The van der Waals surface area contributed by atoms with Crippen LogP contribution in [0.2, 0.25) is 36.3 Å². The van der Waals surface area contributed by atoms with E-state index in [1.54, 1.807) is 0 Å². The van der Waals surface area contributed by atoms with E-state index in [4.69, 9.17) is 8.85 Å². The molecule has 4 aromatic rings. The van der Waals surface area contributed by atoms with Gasteiger partial charge in [-0.1, -0.05) is 102 Å². The lowest BCUT2D eigenvalue weighted by Crippen LogP contribution is -2.43. The van der Waals surface area contributed by atoms with Crippen LogP contribution in [0, 0.1) is 0 Å². The van der Waals surface area contributed by atoms with Gasteiger partial charge in [-0.3, -0.25) is 19.6 Å². The Morgan fingerprint density at radius 1 is 0.534 bits per heavy atom. The molecule has 58 heavy (non-hydrogen) atoms. The molecule has 0 bridgehead atoms. The SMILES string of the molecule is CC(C)(C)[Si](C)(C)Oc1ccc(C2=C(O)C(=O)C[C@@]23C=Nc2ccccc23)cc1.CC(C)(C)[Si](C)(C)Oc1ccc(C2=C(O)C(=O)C[C@]23C=Nc2ccccc23)cc1. The number of carbonyl (C=O) groups is 2. The van der Waals surface area contributed by atoms with E-state index in [0.29, 0.717) is 11.1 Å². The third-order valence-electron chi connectivity index (χ3n) is 13.0. The van der Waals surface area contributed by atoms with Gasteiger partial charge in [-0.15, -0.1) is 0 Å². The Balaban J connectivity index is 0.000000177. The van der Waals surface area contributed by atoms with Gasteiger partial charge in [0.1, 0.15) is 11.5 Å². The maximum atomic E-state index is 12.5. The largest absolute Gasteiger partial charge is 0.544 e. The van der Waals surface area contributed by atoms with Crippen molar-refractivity contribution < 1.29 is 28.7 Å². The van der Waals surface area contributed by atoms with Gasteiger partial charge in [-0.2, -0.15) is 0 Å². The Kier molecular flexibility index (Phi) is 10.0. The number of hydrogen-bond acceptors (Lipinski definition) is 8. The van der Waals surface area contributed by atoms with Crippen LogP contribution in [-0.2, 0) is 20.4 Å². The fourth-order valence-electron chi connectivity index (χ4n) is 7.72. The zero-order chi connectivity index (χ0) is 42.1. The molecule has 2 aliphatic heterocycles. The Morgan fingerprint density at radius 3 is 1.19 bits per heavy atom. The van der Waals surface area contributed by atoms with E-state index in [-0.39, 0.29) is 46.0 Å². The van der Waals surface area contributed by atoms with Crippen LogP contribution < -0.4 is 8.85 Å². The number of allylic oxidation sites excluding steroid dienone is 4. The van der Waals surface area contributed by atoms with E-state index < -0.39 is 27.5 Å². The highest BCUT2D eigenvalue weighted by molar-refractivity contribution is 6.75. The van der Waals surface area contributed by atoms with E-state index in [0.717, 1.165) is 45.1 Å². The zero-order valence-electron chi connectivity index (χ0n) is 35.2. The van der Waals surface area contributed by atoms with Crippen molar-refractivity contribution in [2.75, 3.05) is 0 Å². The first-order valence-corrected chi connectivity index (χ1v) is 25.7. The predicted octanol–water partition coefficient (Wildman–Crippen LogP) is 11.9. The van der Waals surface area contributed by atoms with Crippen LogP contribution in [0.1, 0.15) is 76.6 Å². The lowest BCUT2D eigenvalue weighted by Gasteiger charge is -2.36. The highest BCUT2D eigenvalue weighted by atomic mass is 28.4. The van der Waals surface area contributed by atoms with Crippen molar-refractivity contribution in [3.05, 3.63) is 131 Å². The molecule has 0 saturated heterocycles. The Hall–Kier alpha value is -5.33. The van der Waals surface area contributed by atoms with E-state index in [1.165, 1.54) is 0 Å². The molecule has 0 saturated carbocycles. The number of nitrogens with zero attached hydrogens (tertiary/aromatic N) is 2. The molecule has 0 radical (unpaired) electrons. The lowest BCUT2D eigenvalue weighted by atomic mass is 9.74. The number of aliphatic hydroxyl groups is 2. The van der Waals surface area contributed by atoms with Gasteiger partial charge in [0.15, 0.2) is 23.1 Å². The summed E-state index contributed by atoms with van der Waals surface area (Å²) in [4.78, 5) is 34.1. The third kappa shape index (κ3) is 6.89. The first-order valence-electron chi connectivity index (χ1n) is 19.9. The third-order valence-corrected chi connectivity index (χ3v) is 21.8. The minimum Gasteiger partial charge on any atom is -0.544 e. The highest BCUT2D eigenvalue weighted by Crippen LogP contribution is 2.54. The number of benzene rings is 4. The van der Waals surface area contributed by atoms with Crippen LogP contribution in [0.4, 0.5) is 11.4 Å². The van der Waals surface area contributed by atoms with E-state index in [9.17, 15) is 19.8 Å². The topological polar surface area (TPSA) is 118 Å². The molecular formula is C48H54N2O6Si2. The van der Waals surface area contributed by atoms with Crippen molar-refractivity contribution in [2.24, 2.45) is 9.98 Å². The van der Waals surface area contributed by atoms with E-state index in [1.807, 2.05) is 109 Å². The molecule has 2 spiro atoms. The number of carbonyl (C=O) groups excluding carboxylic acids is 2. The molecule has 0 fully saturated rings. The molecule has 0 aromatic heterocycles. The molecule has 2 atom stereocenters. The van der Waals surface area contributed by atoms with Crippen LogP contribution in [-0.4, -0.2) is 50.8 Å². The Bertz CT molecular complexity index is 2260. The maximum absolute atomic E-state index is 12.5. The standard InChI is InChI=1S/2C24H27NO3Si/c2*1-23(2,3)29(4,5)28-17-12-10-16(11-13-17)21-22(27)20(26)14-24(21)15-25-19-9-7-6-8-18(19)24/h2*6-13,15,27H,14H2,1-5H3/t2*24-/m10/s1. The van der Waals surface area contributed by atoms with Gasteiger partial charge >= 0.3 is 0 Å². The van der Waals surface area contributed by atoms with Crippen molar-refractivity contribution in [1.82, 2.24) is 0 Å². The highest BCUT2D eigenvalue weighted by Gasteiger charge is 2.51. The second-order valence-electron chi connectivity index (χ2n) is 18.9. The molecule has 8 rings (SSSR count). The zero-order valence-corrected chi connectivity index (χ0v) is 37.2. The summed E-state index contributed by atoms with van der Waals surface area (Å²) in [6, 6.07) is 31.1. The van der Waals surface area contributed by atoms with Gasteiger partial charge < -0.3 is 19.1 Å². The number of aliphatic imine (C=N–C) groups is 2. The van der Waals surface area contributed by atoms with Gasteiger partial charge in [0.2, 0.25) is 16.6 Å². The number of Topliss-reactive ketones (excluding diaryl/α,β-unsaturated/α-hetero) is 2. The molecular weight excluding hydrogens is 757 g/mol. The van der Waals surface area contributed by atoms with Gasteiger partial charge in [0.25, 0.3) is 0 Å². The molecule has 2 aliphatic carbocycles. The second kappa shape index (κ2) is 14.2. The number of ketones is 2. The summed E-state index contributed by atoms with van der Waals surface area (Å²) in [7, 11) is -3.87. The normalized spacial score (nSPS) is 21.2. The van der Waals surface area contributed by atoms with Gasteiger partial charge in [0.05, 0.1) is 22.2 Å². The van der Waals surface area contributed by atoms with Crippen molar-refractivity contribution in [3.63, 3.8) is 0 Å². The number of para-hydroxylation sites is 2. The quantitative estimate of drug-likeness (QED) is 0.187. The minimum atomic E-state index is -1.94. The number of aliphatic hydroxyl groups excluding tert-OH is 2. The summed E-state index contributed by atoms with van der Waals surface area (Å²) in [6.45, 7) is 22.1. The maximum Gasteiger partial charge on any atom is 0.250 e. The van der Waals surface area contributed by atoms with Crippen LogP contribution in [0.5, 0.6) is 11.5 Å². The summed E-state index contributed by atoms with van der Waals surface area (Å²) in [5.74, 6) is 0.825. The summed E-state index contributed by atoms with van der Waals surface area (Å²) in [6.07, 6.45) is 4.04. The van der Waals surface area contributed by atoms with Crippen molar-refractivity contribution >= 4 is 63.2 Å². The van der Waals surface area contributed by atoms with Crippen LogP contribution in [0.3, 0.4) is 0 Å². The fourth-order valence-corrected chi connectivity index (χ4v) is 9.78. The smallest absolute Gasteiger partial charge is 0.250 e. The summed E-state index contributed by atoms with van der Waals surface area (Å²) < 4.78 is 12.7. The fraction of sp³-hybridized carbons (Fsp3) is 0.333. The van der Waals surface area contributed by atoms with Gasteiger partial charge in [-0.25, -0.2) is 0 Å². The summed E-state index contributed by atoms with van der Waals surface area (Å²) in [5.41, 5.74) is 5.15. The number of fused-ring (bicyclic) bond motifs is 4. The van der Waals surface area contributed by atoms with E-state index >= 15 is 0 Å². The molecule has 0 unspecified atom stereocenters. The monoisotopic (exact) mass is 810 g/mol. The number of hydrogen-bond donors (Lipinski definition) is 2. The predicted molar refractivity (Wildman–Crippen MR) is 239 cm³/mol. The Morgan fingerprint density at radius 2 is 0.862 bits per heavy atom. The average molecular weight is 811 g/mol. The molecule has 300 valence electrons. The Labute approximate surface area is 344 Å². The summed E-state index contributed by atoms with van der Waals surface area (Å²) >= 11 is 0.